The van der Waals surface area contributed by atoms with Crippen molar-refractivity contribution in [2.75, 3.05) is 11.9 Å². The van der Waals surface area contributed by atoms with Gasteiger partial charge in [0, 0.05) is 28.9 Å². The minimum absolute atomic E-state index is 0.0230. The molecule has 0 saturated heterocycles. The lowest BCUT2D eigenvalue weighted by atomic mass is 10.2. The SMILES string of the molecule is CCOc1cc(NCc2cncs2)ccc1[N+](=O)[O-]. The van der Waals surface area contributed by atoms with Gasteiger partial charge in [0.05, 0.1) is 23.6 Å². The Labute approximate surface area is 114 Å². The second-order valence-corrected chi connectivity index (χ2v) is 4.66. The van der Waals surface area contributed by atoms with Gasteiger partial charge in [0.15, 0.2) is 5.75 Å². The van der Waals surface area contributed by atoms with E-state index in [-0.39, 0.29) is 11.4 Å². The summed E-state index contributed by atoms with van der Waals surface area (Å²) in [7, 11) is 0. The van der Waals surface area contributed by atoms with Crippen LogP contribution in [0.5, 0.6) is 5.75 Å². The monoisotopic (exact) mass is 279 g/mol. The van der Waals surface area contributed by atoms with Gasteiger partial charge in [0.25, 0.3) is 0 Å². The van der Waals surface area contributed by atoms with Crippen molar-refractivity contribution in [2.24, 2.45) is 0 Å². The first-order valence-electron chi connectivity index (χ1n) is 5.73. The summed E-state index contributed by atoms with van der Waals surface area (Å²) in [5, 5.41) is 14.0. The summed E-state index contributed by atoms with van der Waals surface area (Å²) in [4.78, 5) is 15.5. The number of nitrogens with zero attached hydrogens (tertiary/aromatic N) is 2. The molecule has 0 saturated carbocycles. The smallest absolute Gasteiger partial charge is 0.311 e. The molecule has 1 aromatic carbocycles. The lowest BCUT2D eigenvalue weighted by Gasteiger charge is -2.08. The molecular formula is C12H13N3O3S. The molecule has 0 spiro atoms. The van der Waals surface area contributed by atoms with Gasteiger partial charge in [-0.05, 0) is 13.0 Å². The van der Waals surface area contributed by atoms with Crippen molar-refractivity contribution in [1.82, 2.24) is 4.98 Å². The Morgan fingerprint density at radius 2 is 2.37 bits per heavy atom. The summed E-state index contributed by atoms with van der Waals surface area (Å²) in [6.45, 7) is 2.81. The van der Waals surface area contributed by atoms with E-state index in [0.717, 1.165) is 10.6 Å². The van der Waals surface area contributed by atoms with E-state index in [1.165, 1.54) is 6.07 Å². The molecule has 0 aliphatic heterocycles. The number of nitro benzene ring substituents is 1. The highest BCUT2D eigenvalue weighted by Gasteiger charge is 2.15. The molecule has 0 aliphatic rings. The molecule has 1 heterocycles. The standard InChI is InChI=1S/C12H13N3O3S/c1-2-18-12-5-9(3-4-11(12)15(16)17)14-7-10-6-13-8-19-10/h3-6,8,14H,2,7H2,1H3. The number of nitrogens with one attached hydrogen (secondary N) is 1. The fraction of sp³-hybridized carbons (Fsp3) is 0.250. The first-order valence-corrected chi connectivity index (χ1v) is 6.61. The van der Waals surface area contributed by atoms with Crippen molar-refractivity contribution in [2.45, 2.75) is 13.5 Å². The number of ether oxygens (including phenoxy) is 1. The van der Waals surface area contributed by atoms with Gasteiger partial charge in [-0.25, -0.2) is 0 Å². The van der Waals surface area contributed by atoms with Crippen molar-refractivity contribution in [3.63, 3.8) is 0 Å². The van der Waals surface area contributed by atoms with Crippen LogP contribution in [0.1, 0.15) is 11.8 Å². The zero-order chi connectivity index (χ0) is 13.7. The largest absolute Gasteiger partial charge is 0.487 e. The zero-order valence-electron chi connectivity index (χ0n) is 10.3. The average molecular weight is 279 g/mol. The van der Waals surface area contributed by atoms with Crippen molar-refractivity contribution < 1.29 is 9.66 Å². The number of aromatic nitrogens is 1. The van der Waals surface area contributed by atoms with Crippen LogP contribution >= 0.6 is 11.3 Å². The molecule has 19 heavy (non-hydrogen) atoms. The molecule has 0 fully saturated rings. The Kier molecular flexibility index (Phi) is 4.30. The third-order valence-electron chi connectivity index (χ3n) is 2.41. The Morgan fingerprint density at radius 1 is 1.53 bits per heavy atom. The van der Waals surface area contributed by atoms with Gasteiger partial charge in [0.2, 0.25) is 0 Å². The number of nitro groups is 1. The van der Waals surface area contributed by atoms with Crippen LogP contribution in [0.15, 0.2) is 29.9 Å². The molecule has 0 radical (unpaired) electrons. The fourth-order valence-electron chi connectivity index (χ4n) is 1.56. The molecule has 6 nitrogen and oxygen atoms in total. The second kappa shape index (κ2) is 6.14. The fourth-order valence-corrected chi connectivity index (χ4v) is 2.10. The summed E-state index contributed by atoms with van der Waals surface area (Å²) in [6, 6.07) is 4.75. The maximum atomic E-state index is 10.9. The van der Waals surface area contributed by atoms with Crippen LogP contribution < -0.4 is 10.1 Å². The quantitative estimate of drug-likeness (QED) is 0.649. The molecular weight excluding hydrogens is 266 g/mol. The number of anilines is 1. The van der Waals surface area contributed by atoms with Gasteiger partial charge >= 0.3 is 5.69 Å². The minimum atomic E-state index is -0.446. The van der Waals surface area contributed by atoms with Crippen LogP contribution in [-0.4, -0.2) is 16.5 Å². The summed E-state index contributed by atoms with van der Waals surface area (Å²) < 4.78 is 5.28. The zero-order valence-corrected chi connectivity index (χ0v) is 11.1. The normalized spacial score (nSPS) is 10.2. The van der Waals surface area contributed by atoms with Gasteiger partial charge in [-0.3, -0.25) is 15.1 Å². The van der Waals surface area contributed by atoms with Crippen LogP contribution in [-0.2, 0) is 6.54 Å². The van der Waals surface area contributed by atoms with Crippen LogP contribution in [0, 0.1) is 10.1 Å². The Hall–Kier alpha value is -2.15. The van der Waals surface area contributed by atoms with E-state index >= 15 is 0 Å². The molecule has 1 N–H and O–H groups in total. The number of thiazole rings is 1. The van der Waals surface area contributed by atoms with E-state index in [1.807, 2.05) is 0 Å². The third kappa shape index (κ3) is 3.41. The highest BCUT2D eigenvalue weighted by atomic mass is 32.1. The summed E-state index contributed by atoms with van der Waals surface area (Å²) in [6.07, 6.45) is 1.78. The molecule has 2 rings (SSSR count). The summed E-state index contributed by atoms with van der Waals surface area (Å²) in [5.41, 5.74) is 2.52. The van der Waals surface area contributed by atoms with Crippen molar-refractivity contribution in [1.29, 1.82) is 0 Å². The predicted octanol–water partition coefficient (Wildman–Crippen LogP) is 3.06. The minimum Gasteiger partial charge on any atom is -0.487 e. The van der Waals surface area contributed by atoms with Gasteiger partial charge < -0.3 is 10.1 Å². The van der Waals surface area contributed by atoms with E-state index < -0.39 is 4.92 Å². The summed E-state index contributed by atoms with van der Waals surface area (Å²) in [5.74, 6) is 0.279. The van der Waals surface area contributed by atoms with Crippen molar-refractivity contribution >= 4 is 22.7 Å². The van der Waals surface area contributed by atoms with E-state index in [1.54, 1.807) is 42.1 Å². The first-order chi connectivity index (χ1) is 9.20. The lowest BCUT2D eigenvalue weighted by molar-refractivity contribution is -0.385. The number of rotatable bonds is 6. The molecule has 2 aromatic rings. The molecule has 100 valence electrons. The Balaban J connectivity index is 2.13. The highest BCUT2D eigenvalue weighted by Crippen LogP contribution is 2.30. The molecule has 0 amide bonds. The molecule has 0 atom stereocenters. The van der Waals surface area contributed by atoms with Crippen molar-refractivity contribution in [3.8, 4) is 5.75 Å². The lowest BCUT2D eigenvalue weighted by Crippen LogP contribution is -2.01. The van der Waals surface area contributed by atoms with E-state index in [9.17, 15) is 10.1 Å². The number of benzene rings is 1. The first kappa shape index (κ1) is 13.3. The highest BCUT2D eigenvalue weighted by molar-refractivity contribution is 7.09. The van der Waals surface area contributed by atoms with E-state index in [2.05, 4.69) is 10.3 Å². The molecule has 0 unspecified atom stereocenters. The maximum absolute atomic E-state index is 10.9. The third-order valence-corrected chi connectivity index (χ3v) is 3.19. The van der Waals surface area contributed by atoms with Gasteiger partial charge in [0.1, 0.15) is 0 Å². The molecule has 0 bridgehead atoms. The average Bonchev–Trinajstić information content (AvgIpc) is 2.90. The van der Waals surface area contributed by atoms with Gasteiger partial charge in [-0.1, -0.05) is 0 Å². The number of hydrogen-bond donors (Lipinski definition) is 1. The summed E-state index contributed by atoms with van der Waals surface area (Å²) >= 11 is 1.55. The van der Waals surface area contributed by atoms with Crippen LogP contribution in [0.2, 0.25) is 0 Å². The van der Waals surface area contributed by atoms with E-state index in [0.29, 0.717) is 13.2 Å². The molecule has 7 heteroatoms. The Morgan fingerprint density at radius 3 is 3.00 bits per heavy atom. The number of hydrogen-bond acceptors (Lipinski definition) is 6. The molecule has 1 aromatic heterocycles. The van der Waals surface area contributed by atoms with Crippen LogP contribution in [0.4, 0.5) is 11.4 Å². The van der Waals surface area contributed by atoms with Gasteiger partial charge in [-0.2, -0.15) is 0 Å². The second-order valence-electron chi connectivity index (χ2n) is 3.69. The molecule has 0 aliphatic carbocycles. The van der Waals surface area contributed by atoms with Crippen LogP contribution in [0.3, 0.4) is 0 Å². The topological polar surface area (TPSA) is 77.3 Å². The maximum Gasteiger partial charge on any atom is 0.311 e. The van der Waals surface area contributed by atoms with Crippen molar-refractivity contribution in [3.05, 3.63) is 44.9 Å². The predicted molar refractivity (Wildman–Crippen MR) is 73.7 cm³/mol. The van der Waals surface area contributed by atoms with E-state index in [4.69, 9.17) is 4.74 Å². The Bertz CT molecular complexity index is 557. The van der Waals surface area contributed by atoms with Gasteiger partial charge in [-0.15, -0.1) is 11.3 Å². The van der Waals surface area contributed by atoms with Crippen LogP contribution in [0.25, 0.3) is 0 Å².